The van der Waals surface area contributed by atoms with Crippen LogP contribution in [0.5, 0.6) is 0 Å². The number of rotatable bonds is 2. The molecule has 0 aromatic rings. The molecule has 2 saturated heterocycles. The quantitative estimate of drug-likeness (QED) is 0.645. The molecule has 2 unspecified atom stereocenters. The molecule has 3 fully saturated rings. The highest BCUT2D eigenvalue weighted by molar-refractivity contribution is 5.88. The topological polar surface area (TPSA) is 55.8 Å². The number of hydrogen-bond acceptors (Lipinski definition) is 4. The van der Waals surface area contributed by atoms with Gasteiger partial charge in [-0.2, -0.15) is 0 Å². The average molecular weight is 239 g/mol. The highest BCUT2D eigenvalue weighted by Crippen LogP contribution is 2.40. The number of hydrogen-bond donors (Lipinski definition) is 0. The van der Waals surface area contributed by atoms with Crippen LogP contribution in [0.25, 0.3) is 0 Å². The third kappa shape index (κ3) is 1.73. The largest absolute Gasteiger partial charge is 0.467 e. The Morgan fingerprint density at radius 2 is 2.06 bits per heavy atom. The molecule has 5 nitrogen and oxygen atoms in total. The SMILES string of the molecule is COC(=O)[C@H]1C2COCC(C2)N1C(=O)C1CC1. The Morgan fingerprint density at radius 1 is 1.29 bits per heavy atom. The summed E-state index contributed by atoms with van der Waals surface area (Å²) >= 11 is 0. The first-order chi connectivity index (χ1) is 8.22. The monoisotopic (exact) mass is 239 g/mol. The predicted molar refractivity (Wildman–Crippen MR) is 58.1 cm³/mol. The summed E-state index contributed by atoms with van der Waals surface area (Å²) < 4.78 is 10.3. The van der Waals surface area contributed by atoms with Crippen molar-refractivity contribution in [2.75, 3.05) is 20.3 Å². The van der Waals surface area contributed by atoms with E-state index in [9.17, 15) is 9.59 Å². The molecule has 2 heterocycles. The Kier molecular flexibility index (Phi) is 2.58. The molecule has 1 saturated carbocycles. The summed E-state index contributed by atoms with van der Waals surface area (Å²) in [5, 5.41) is 0. The molecular weight excluding hydrogens is 222 g/mol. The third-order valence-electron chi connectivity index (χ3n) is 3.98. The zero-order valence-electron chi connectivity index (χ0n) is 9.93. The molecule has 5 heteroatoms. The summed E-state index contributed by atoms with van der Waals surface area (Å²) in [4.78, 5) is 25.8. The standard InChI is InChI=1S/C12H17NO4/c1-16-12(15)10-8-4-9(6-17-5-8)13(10)11(14)7-2-3-7/h7-10H,2-6H2,1H3/t8?,9?,10-/m1/s1. The summed E-state index contributed by atoms with van der Waals surface area (Å²) in [5.74, 6) is 0.0841. The van der Waals surface area contributed by atoms with Crippen LogP contribution in [0, 0.1) is 11.8 Å². The van der Waals surface area contributed by atoms with Crippen LogP contribution in [0.15, 0.2) is 0 Å². The lowest BCUT2D eigenvalue weighted by atomic mass is 9.98. The second-order valence-corrected chi connectivity index (χ2v) is 5.17. The molecule has 2 bridgehead atoms. The number of esters is 1. The molecule has 0 N–H and O–H groups in total. The first-order valence-corrected chi connectivity index (χ1v) is 6.20. The van der Waals surface area contributed by atoms with Gasteiger partial charge in [-0.3, -0.25) is 4.79 Å². The predicted octanol–water partition coefficient (Wildman–Crippen LogP) is 0.185. The number of nitrogens with zero attached hydrogens (tertiary/aromatic N) is 1. The van der Waals surface area contributed by atoms with Gasteiger partial charge in [0.2, 0.25) is 5.91 Å². The van der Waals surface area contributed by atoms with E-state index in [0.717, 1.165) is 19.3 Å². The van der Waals surface area contributed by atoms with E-state index in [1.807, 2.05) is 0 Å². The molecule has 0 aromatic carbocycles. The number of carbonyl (C=O) groups excluding carboxylic acids is 2. The Morgan fingerprint density at radius 3 is 2.71 bits per heavy atom. The molecule has 94 valence electrons. The van der Waals surface area contributed by atoms with Crippen LogP contribution in [0.3, 0.4) is 0 Å². The minimum atomic E-state index is -0.416. The minimum Gasteiger partial charge on any atom is -0.467 e. The van der Waals surface area contributed by atoms with Crippen molar-refractivity contribution >= 4 is 11.9 Å². The molecule has 0 spiro atoms. The summed E-state index contributed by atoms with van der Waals surface area (Å²) in [5.41, 5.74) is 0. The Labute approximate surface area is 100 Å². The van der Waals surface area contributed by atoms with Crippen LogP contribution in [-0.2, 0) is 19.1 Å². The zero-order chi connectivity index (χ0) is 12.0. The van der Waals surface area contributed by atoms with Crippen molar-refractivity contribution in [1.29, 1.82) is 0 Å². The number of ether oxygens (including phenoxy) is 2. The normalized spacial score (nSPS) is 35.8. The molecule has 0 aromatic heterocycles. The van der Waals surface area contributed by atoms with Gasteiger partial charge in [0.05, 0.1) is 26.4 Å². The van der Waals surface area contributed by atoms with E-state index in [4.69, 9.17) is 9.47 Å². The van der Waals surface area contributed by atoms with E-state index < -0.39 is 6.04 Å². The molecule has 3 aliphatic rings. The molecular formula is C12H17NO4. The van der Waals surface area contributed by atoms with E-state index >= 15 is 0 Å². The Balaban J connectivity index is 1.86. The van der Waals surface area contributed by atoms with Crippen LogP contribution in [0.1, 0.15) is 19.3 Å². The van der Waals surface area contributed by atoms with Crippen molar-refractivity contribution in [3.05, 3.63) is 0 Å². The Hall–Kier alpha value is -1.10. The van der Waals surface area contributed by atoms with Gasteiger partial charge in [0.1, 0.15) is 6.04 Å². The van der Waals surface area contributed by atoms with Crippen LogP contribution < -0.4 is 0 Å². The maximum absolute atomic E-state index is 12.2. The summed E-state index contributed by atoms with van der Waals surface area (Å²) in [6.07, 6.45) is 2.79. The molecule has 1 amide bonds. The van der Waals surface area contributed by atoms with Gasteiger partial charge in [-0.15, -0.1) is 0 Å². The highest BCUT2D eigenvalue weighted by atomic mass is 16.5. The van der Waals surface area contributed by atoms with Crippen LogP contribution in [0.2, 0.25) is 0 Å². The van der Waals surface area contributed by atoms with Crippen LogP contribution in [-0.4, -0.2) is 49.2 Å². The van der Waals surface area contributed by atoms with Gasteiger partial charge >= 0.3 is 5.97 Å². The average Bonchev–Trinajstić information content (AvgIpc) is 3.15. The van der Waals surface area contributed by atoms with E-state index in [-0.39, 0.29) is 29.8 Å². The molecule has 1 aliphatic carbocycles. The van der Waals surface area contributed by atoms with Gasteiger partial charge < -0.3 is 14.4 Å². The van der Waals surface area contributed by atoms with Crippen molar-refractivity contribution in [2.24, 2.45) is 11.8 Å². The molecule has 2 aliphatic heterocycles. The first-order valence-electron chi connectivity index (χ1n) is 6.20. The molecule has 0 radical (unpaired) electrons. The fourth-order valence-corrected chi connectivity index (χ4v) is 2.99. The molecule has 3 rings (SSSR count). The Bertz CT molecular complexity index is 352. The van der Waals surface area contributed by atoms with Gasteiger partial charge in [0, 0.05) is 11.8 Å². The van der Waals surface area contributed by atoms with Crippen molar-refractivity contribution in [2.45, 2.75) is 31.3 Å². The lowest BCUT2D eigenvalue weighted by molar-refractivity contribution is -0.153. The fourth-order valence-electron chi connectivity index (χ4n) is 2.99. The molecule has 17 heavy (non-hydrogen) atoms. The second kappa shape index (κ2) is 3.98. The van der Waals surface area contributed by atoms with Gasteiger partial charge in [-0.05, 0) is 19.3 Å². The van der Waals surface area contributed by atoms with E-state index in [1.54, 1.807) is 4.90 Å². The van der Waals surface area contributed by atoms with Crippen LogP contribution >= 0.6 is 0 Å². The number of likely N-dealkylation sites (tertiary alicyclic amines) is 1. The van der Waals surface area contributed by atoms with Crippen molar-refractivity contribution in [3.8, 4) is 0 Å². The number of carbonyl (C=O) groups is 2. The van der Waals surface area contributed by atoms with Gasteiger partial charge in [-0.25, -0.2) is 4.79 Å². The lowest BCUT2D eigenvalue weighted by Gasteiger charge is -2.27. The summed E-state index contributed by atoms with van der Waals surface area (Å²) in [6.45, 7) is 1.12. The lowest BCUT2D eigenvalue weighted by Crippen LogP contribution is -2.47. The van der Waals surface area contributed by atoms with E-state index in [1.165, 1.54) is 7.11 Å². The van der Waals surface area contributed by atoms with Crippen molar-refractivity contribution < 1.29 is 19.1 Å². The third-order valence-corrected chi connectivity index (χ3v) is 3.98. The van der Waals surface area contributed by atoms with Crippen molar-refractivity contribution in [1.82, 2.24) is 4.90 Å². The van der Waals surface area contributed by atoms with E-state index in [2.05, 4.69) is 0 Å². The second-order valence-electron chi connectivity index (χ2n) is 5.17. The smallest absolute Gasteiger partial charge is 0.328 e. The summed E-state index contributed by atoms with van der Waals surface area (Å²) in [7, 11) is 1.38. The van der Waals surface area contributed by atoms with Gasteiger partial charge in [0.15, 0.2) is 0 Å². The molecule has 3 atom stereocenters. The number of methoxy groups -OCH3 is 1. The van der Waals surface area contributed by atoms with Gasteiger partial charge in [-0.1, -0.05) is 0 Å². The zero-order valence-corrected chi connectivity index (χ0v) is 9.93. The van der Waals surface area contributed by atoms with E-state index in [0.29, 0.717) is 13.2 Å². The summed E-state index contributed by atoms with van der Waals surface area (Å²) in [6, 6.07) is -0.341. The van der Waals surface area contributed by atoms with Crippen molar-refractivity contribution in [3.63, 3.8) is 0 Å². The number of fused-ring (bicyclic) bond motifs is 2. The highest BCUT2D eigenvalue weighted by Gasteiger charge is 2.52. The fraction of sp³-hybridized carbons (Fsp3) is 0.833. The number of amides is 1. The van der Waals surface area contributed by atoms with Crippen LogP contribution in [0.4, 0.5) is 0 Å². The maximum atomic E-state index is 12.2. The maximum Gasteiger partial charge on any atom is 0.328 e. The van der Waals surface area contributed by atoms with Gasteiger partial charge in [0.25, 0.3) is 0 Å². The first kappa shape index (κ1) is 11.0. The minimum absolute atomic E-state index is 0.0750.